The fraction of sp³-hybridized carbons (Fsp3) is 0.507. The van der Waals surface area contributed by atoms with Crippen molar-refractivity contribution in [1.29, 1.82) is 0 Å². The summed E-state index contributed by atoms with van der Waals surface area (Å²) in [5.74, 6) is 1.61. The molecule has 2 fully saturated rings. The van der Waals surface area contributed by atoms with Gasteiger partial charge in [-0.05, 0) is 109 Å². The summed E-state index contributed by atoms with van der Waals surface area (Å²) in [6, 6.07) is 22.7. The number of carbonyl (C=O) groups excluding carboxylic acids is 3. The molecule has 10 heteroatoms. The molecule has 0 aromatic heterocycles. The first-order valence-corrected chi connectivity index (χ1v) is 29.3. The van der Waals surface area contributed by atoms with Crippen molar-refractivity contribution in [1.82, 2.24) is 4.90 Å². The molecule has 1 amide bonds. The topological polar surface area (TPSA) is 97.8 Å². The lowest BCUT2D eigenvalue weighted by molar-refractivity contribution is -0.151. The Morgan fingerprint density at radius 3 is 2.21 bits per heavy atom. The lowest BCUT2D eigenvalue weighted by Gasteiger charge is -2.42. The number of nitrogens with zero attached hydrogens (tertiary/aromatic N) is 3. The second-order valence-electron chi connectivity index (χ2n) is 23.0. The van der Waals surface area contributed by atoms with Crippen LogP contribution in [0, 0.1) is 11.8 Å². The number of benzene rings is 4. The van der Waals surface area contributed by atoms with Crippen LogP contribution < -0.4 is 19.3 Å². The van der Waals surface area contributed by atoms with Crippen LogP contribution in [0.25, 0.3) is 28.0 Å². The van der Waals surface area contributed by atoms with Crippen molar-refractivity contribution in [3.05, 3.63) is 125 Å². The van der Waals surface area contributed by atoms with Gasteiger partial charge in [0.2, 0.25) is 5.91 Å². The first-order chi connectivity index (χ1) is 37.3. The first-order valence-electron chi connectivity index (χ1n) is 29.3. The third kappa shape index (κ3) is 11.8. The summed E-state index contributed by atoms with van der Waals surface area (Å²) in [6.07, 6.45) is 27.9. The van der Waals surface area contributed by atoms with Crippen LogP contribution in [-0.4, -0.2) is 81.8 Å². The zero-order valence-electron chi connectivity index (χ0n) is 47.4. The highest BCUT2D eigenvalue weighted by molar-refractivity contribution is 6.10. The molecule has 0 spiro atoms. The van der Waals surface area contributed by atoms with E-state index in [1.165, 1.54) is 103 Å². The van der Waals surface area contributed by atoms with Gasteiger partial charge < -0.3 is 33.6 Å². The number of esters is 2. The fourth-order valence-corrected chi connectivity index (χ4v) is 12.8. The third-order valence-electron chi connectivity index (χ3n) is 17.1. The molecular weight excluding hydrogens is 959 g/mol. The molecule has 4 aromatic carbocycles. The molecule has 410 valence electrons. The van der Waals surface area contributed by atoms with Gasteiger partial charge in [-0.3, -0.25) is 9.59 Å². The second kappa shape index (κ2) is 24.6. The summed E-state index contributed by atoms with van der Waals surface area (Å²) >= 11 is 0. The molecule has 4 atom stereocenters. The minimum absolute atomic E-state index is 0.0340. The van der Waals surface area contributed by atoms with Crippen LogP contribution in [0.5, 0.6) is 11.5 Å². The maximum atomic E-state index is 13.4. The molecule has 4 unspecified atom stereocenters. The van der Waals surface area contributed by atoms with Crippen molar-refractivity contribution in [2.24, 2.45) is 11.8 Å². The highest BCUT2D eigenvalue weighted by atomic mass is 16.6. The number of rotatable bonds is 26. The van der Waals surface area contributed by atoms with Crippen molar-refractivity contribution < 1.29 is 33.3 Å². The van der Waals surface area contributed by atoms with E-state index >= 15 is 0 Å². The average molecular weight is 1040 g/mol. The fourth-order valence-electron chi connectivity index (χ4n) is 12.8. The molecule has 2 aliphatic heterocycles. The summed E-state index contributed by atoms with van der Waals surface area (Å²) in [4.78, 5) is 44.3. The van der Waals surface area contributed by atoms with Gasteiger partial charge in [-0.1, -0.05) is 159 Å². The van der Waals surface area contributed by atoms with Crippen LogP contribution in [0.2, 0.25) is 0 Å². The van der Waals surface area contributed by atoms with E-state index in [1.54, 1.807) is 6.92 Å². The summed E-state index contributed by atoms with van der Waals surface area (Å²) < 4.78 is 24.7. The Balaban J connectivity index is 1.02. The molecule has 4 aromatic rings. The average Bonchev–Trinajstić information content (AvgIpc) is 4.36. The Morgan fingerprint density at radius 2 is 1.52 bits per heavy atom. The van der Waals surface area contributed by atoms with E-state index in [2.05, 4.69) is 142 Å². The van der Waals surface area contributed by atoms with Gasteiger partial charge in [-0.2, -0.15) is 0 Å². The van der Waals surface area contributed by atoms with E-state index in [0.29, 0.717) is 31.5 Å². The Labute approximate surface area is 459 Å². The largest absolute Gasteiger partial charge is 0.495 e. The highest BCUT2D eigenvalue weighted by Crippen LogP contribution is 2.61. The summed E-state index contributed by atoms with van der Waals surface area (Å²) in [6.45, 7) is 20.3. The number of allylic oxidation sites excluding steroid dienone is 3. The molecule has 9 rings (SSSR count). The van der Waals surface area contributed by atoms with Crippen molar-refractivity contribution in [2.75, 3.05) is 62.8 Å². The van der Waals surface area contributed by atoms with Crippen molar-refractivity contribution in [3.63, 3.8) is 0 Å². The molecule has 77 heavy (non-hydrogen) atoms. The van der Waals surface area contributed by atoms with Gasteiger partial charge in [-0.15, -0.1) is 0 Å². The predicted octanol–water partition coefficient (Wildman–Crippen LogP) is 14.6. The molecule has 5 aliphatic rings. The first kappa shape index (κ1) is 55.5. The number of hydrogen-bond acceptors (Lipinski definition) is 9. The van der Waals surface area contributed by atoms with Gasteiger partial charge in [0.25, 0.3) is 0 Å². The van der Waals surface area contributed by atoms with Crippen LogP contribution in [0.15, 0.2) is 103 Å². The summed E-state index contributed by atoms with van der Waals surface area (Å²) in [7, 11) is 1.84. The van der Waals surface area contributed by atoms with Crippen molar-refractivity contribution >= 4 is 46.1 Å². The number of fused-ring (bicyclic) bond motifs is 9. The molecule has 0 radical (unpaired) electrons. The standard InChI is InChI=1S/C67H85N3O7/c1-9-11-13-15-17-21-36-68(37-22-18-16-14-12-10-2)58-43-54-55(44-59(58)74-8)64-52(63-62(54)51-25-19-20-26-56(51)66(63,6)7)34-35-67(77-64,57-27-23-24-48-42-53(48)57)49-28-30-50(31-29-49)69-38-39-70(47(5)45-69)60(71)32-33-61(72)75-40-41-76-65(73)46(3)4/h19-20,23-31,34-35,43-44,47-48,53H,3,9-18,21-22,32-33,36-42,45H2,1-2,4-8H3. The molecule has 10 nitrogen and oxygen atoms in total. The van der Waals surface area contributed by atoms with Crippen LogP contribution >= 0.6 is 0 Å². The SMILES string of the molecule is C=C(C)C(=O)OCCOC(=O)CCC(=O)N1CCN(c2ccc(C3(C4=CC=CC5CC45)C=Cc4c5c(c6cc(N(CCCCCCCC)CCCCCCCC)c(OC)cc6c4O3)-c3ccccc3C5(C)C)cc2)CC1C. The smallest absolute Gasteiger partial charge is 0.333 e. The van der Waals surface area contributed by atoms with Crippen LogP contribution in [-0.2, 0) is 34.9 Å². The van der Waals surface area contributed by atoms with E-state index in [4.69, 9.17) is 18.9 Å². The third-order valence-corrected chi connectivity index (χ3v) is 17.1. The quantitative estimate of drug-likeness (QED) is 0.0346. The van der Waals surface area contributed by atoms with Gasteiger partial charge in [0.05, 0.1) is 19.2 Å². The number of ether oxygens (including phenoxy) is 4. The van der Waals surface area contributed by atoms with E-state index in [0.717, 1.165) is 66.1 Å². The van der Waals surface area contributed by atoms with Crippen molar-refractivity contribution in [3.8, 4) is 22.6 Å². The maximum Gasteiger partial charge on any atom is 0.333 e. The summed E-state index contributed by atoms with van der Waals surface area (Å²) in [5, 5.41) is 2.30. The van der Waals surface area contributed by atoms with Gasteiger partial charge in [0, 0.05) is 78.4 Å². The molecule has 1 saturated carbocycles. The molecule has 2 heterocycles. The van der Waals surface area contributed by atoms with E-state index in [9.17, 15) is 14.4 Å². The predicted molar refractivity (Wildman–Crippen MR) is 313 cm³/mol. The van der Waals surface area contributed by atoms with Gasteiger partial charge in [-0.25, -0.2) is 4.79 Å². The highest BCUT2D eigenvalue weighted by Gasteiger charge is 2.52. The number of unbranched alkanes of at least 4 members (excludes halogenated alkanes) is 10. The van der Waals surface area contributed by atoms with Crippen LogP contribution in [0.4, 0.5) is 11.4 Å². The lowest BCUT2D eigenvalue weighted by atomic mass is 9.75. The Kier molecular flexibility index (Phi) is 17.7. The number of piperazine rings is 1. The van der Waals surface area contributed by atoms with E-state index in [-0.39, 0.29) is 49.0 Å². The number of hydrogen-bond donors (Lipinski definition) is 0. The Hall–Kier alpha value is -6.29. The zero-order chi connectivity index (χ0) is 54.3. The number of anilines is 2. The summed E-state index contributed by atoms with van der Waals surface area (Å²) in [5.41, 5.74) is 10.2. The zero-order valence-corrected chi connectivity index (χ0v) is 47.4. The normalized spacial score (nSPS) is 20.4. The molecular formula is C67H85N3O7. The molecule has 0 N–H and O–H groups in total. The van der Waals surface area contributed by atoms with Gasteiger partial charge >= 0.3 is 11.9 Å². The number of methoxy groups -OCH3 is 1. The number of carbonyl (C=O) groups is 3. The Bertz CT molecular complexity index is 2880. The maximum absolute atomic E-state index is 13.4. The Morgan fingerprint density at radius 1 is 0.831 bits per heavy atom. The minimum atomic E-state index is -0.853. The molecule has 3 aliphatic carbocycles. The van der Waals surface area contributed by atoms with Crippen LogP contribution in [0.3, 0.4) is 0 Å². The lowest BCUT2D eigenvalue weighted by Crippen LogP contribution is -2.54. The van der Waals surface area contributed by atoms with E-state index in [1.807, 2.05) is 12.0 Å². The van der Waals surface area contributed by atoms with E-state index < -0.39 is 17.5 Å². The van der Waals surface area contributed by atoms with Gasteiger partial charge in [0.15, 0.2) is 5.60 Å². The van der Waals surface area contributed by atoms with Crippen LogP contribution in [0.1, 0.15) is 160 Å². The second-order valence-corrected chi connectivity index (χ2v) is 23.0. The monoisotopic (exact) mass is 1040 g/mol. The minimum Gasteiger partial charge on any atom is -0.495 e. The number of amides is 1. The molecule has 0 bridgehead atoms. The van der Waals surface area contributed by atoms with Crippen molar-refractivity contribution in [2.45, 2.75) is 155 Å². The van der Waals surface area contributed by atoms with Gasteiger partial charge in [0.1, 0.15) is 24.7 Å². The molecule has 1 saturated heterocycles.